The maximum Gasteiger partial charge on any atom is 0.213 e. The maximum atomic E-state index is 10.4. The quantitative estimate of drug-likeness (QED) is 0.692. The van der Waals surface area contributed by atoms with Crippen molar-refractivity contribution in [3.8, 4) is 17.2 Å². The molecule has 2 heterocycles. The van der Waals surface area contributed by atoms with Crippen molar-refractivity contribution in [1.82, 2.24) is 5.01 Å². The van der Waals surface area contributed by atoms with Gasteiger partial charge in [-0.2, -0.15) is 5.10 Å². The highest BCUT2D eigenvalue weighted by Crippen LogP contribution is 2.48. The van der Waals surface area contributed by atoms with Gasteiger partial charge in [0.25, 0.3) is 0 Å². The smallest absolute Gasteiger partial charge is 0.213 e. The van der Waals surface area contributed by atoms with Gasteiger partial charge in [-0.25, -0.2) is 5.01 Å². The van der Waals surface area contributed by atoms with E-state index in [1.807, 2.05) is 29.3 Å². The fraction of sp³-hybridized carbons (Fsp3) is 0.208. The molecule has 0 amide bonds. The number of ether oxygens (including phenoxy) is 2. The average Bonchev–Trinajstić information content (AvgIpc) is 3.20. The Balaban J connectivity index is 1.60. The zero-order valence-electron chi connectivity index (χ0n) is 16.4. The van der Waals surface area contributed by atoms with Gasteiger partial charge in [-0.05, 0) is 31.2 Å². The molecule has 5 nitrogen and oxygen atoms in total. The van der Waals surface area contributed by atoms with Crippen LogP contribution in [0.25, 0.3) is 0 Å². The van der Waals surface area contributed by atoms with Gasteiger partial charge in [0, 0.05) is 23.1 Å². The molecule has 3 aromatic carbocycles. The topological polar surface area (TPSA) is 54.3 Å². The van der Waals surface area contributed by atoms with Crippen LogP contribution in [-0.4, -0.2) is 22.9 Å². The second-order valence-corrected chi connectivity index (χ2v) is 7.45. The van der Waals surface area contributed by atoms with Crippen LogP contribution in [-0.2, 0) is 0 Å². The molecule has 2 aliphatic rings. The first-order chi connectivity index (χ1) is 14.1. The Hall–Kier alpha value is -3.47. The lowest BCUT2D eigenvalue weighted by atomic mass is 9.95. The average molecular weight is 386 g/mol. The monoisotopic (exact) mass is 386 g/mol. The molecule has 0 spiro atoms. The van der Waals surface area contributed by atoms with Crippen LogP contribution in [0.4, 0.5) is 0 Å². The first kappa shape index (κ1) is 17.6. The first-order valence-corrected chi connectivity index (χ1v) is 9.69. The molecule has 0 unspecified atom stereocenters. The minimum atomic E-state index is -0.319. The highest BCUT2D eigenvalue weighted by Gasteiger charge is 2.41. The van der Waals surface area contributed by atoms with E-state index in [9.17, 15) is 5.11 Å². The van der Waals surface area contributed by atoms with Crippen molar-refractivity contribution in [3.05, 3.63) is 89.0 Å². The Bertz CT molecular complexity index is 1090. The van der Waals surface area contributed by atoms with Crippen molar-refractivity contribution in [1.29, 1.82) is 0 Å². The fourth-order valence-electron chi connectivity index (χ4n) is 4.02. The number of aromatic hydroxyl groups is 1. The lowest BCUT2D eigenvalue weighted by Gasteiger charge is -2.38. The van der Waals surface area contributed by atoms with E-state index >= 15 is 0 Å². The molecule has 0 saturated heterocycles. The van der Waals surface area contributed by atoms with E-state index in [4.69, 9.17) is 14.6 Å². The number of benzene rings is 3. The zero-order valence-corrected chi connectivity index (χ0v) is 16.4. The van der Waals surface area contributed by atoms with Crippen LogP contribution in [0.1, 0.15) is 40.9 Å². The number of para-hydroxylation sites is 1. The summed E-state index contributed by atoms with van der Waals surface area (Å²) in [6.07, 6.45) is 0.365. The van der Waals surface area contributed by atoms with Gasteiger partial charge < -0.3 is 14.6 Å². The molecule has 0 aliphatic carbocycles. The number of fused-ring (bicyclic) bond motifs is 3. The van der Waals surface area contributed by atoms with Crippen molar-refractivity contribution >= 4 is 5.71 Å². The number of nitrogens with zero attached hydrogens (tertiary/aromatic N) is 2. The number of hydrogen-bond donors (Lipinski definition) is 1. The Kier molecular flexibility index (Phi) is 4.16. The lowest BCUT2D eigenvalue weighted by Crippen LogP contribution is -2.33. The second kappa shape index (κ2) is 6.85. The molecular formula is C24H22N2O3. The third-order valence-corrected chi connectivity index (χ3v) is 5.58. The number of phenolic OH excluding ortho intramolecular Hbond substituents is 1. The van der Waals surface area contributed by atoms with Gasteiger partial charge in [-0.15, -0.1) is 0 Å². The first-order valence-electron chi connectivity index (χ1n) is 9.69. The van der Waals surface area contributed by atoms with E-state index in [2.05, 4.69) is 37.3 Å². The van der Waals surface area contributed by atoms with Crippen LogP contribution in [0.3, 0.4) is 0 Å². The van der Waals surface area contributed by atoms with E-state index in [1.165, 1.54) is 5.56 Å². The van der Waals surface area contributed by atoms with E-state index in [1.54, 1.807) is 19.2 Å². The molecule has 0 aromatic heterocycles. The van der Waals surface area contributed by atoms with Gasteiger partial charge in [0.15, 0.2) is 0 Å². The van der Waals surface area contributed by atoms with Gasteiger partial charge in [-0.3, -0.25) is 0 Å². The van der Waals surface area contributed by atoms with Gasteiger partial charge in [0.2, 0.25) is 6.23 Å². The van der Waals surface area contributed by atoms with Crippen LogP contribution in [0.5, 0.6) is 17.2 Å². The second-order valence-electron chi connectivity index (χ2n) is 7.45. The van der Waals surface area contributed by atoms with Crippen LogP contribution >= 0.6 is 0 Å². The van der Waals surface area contributed by atoms with Crippen molar-refractivity contribution in [2.75, 3.05) is 7.11 Å². The summed E-state index contributed by atoms with van der Waals surface area (Å²) in [5.41, 5.74) is 4.88. The molecular weight excluding hydrogens is 364 g/mol. The van der Waals surface area contributed by atoms with Gasteiger partial charge in [-0.1, -0.05) is 48.0 Å². The number of phenols is 1. The summed E-state index contributed by atoms with van der Waals surface area (Å²) < 4.78 is 11.7. The van der Waals surface area contributed by atoms with Crippen LogP contribution in [0.2, 0.25) is 0 Å². The van der Waals surface area contributed by atoms with Crippen molar-refractivity contribution in [2.24, 2.45) is 5.10 Å². The molecule has 2 atom stereocenters. The Morgan fingerprint density at radius 3 is 2.66 bits per heavy atom. The highest BCUT2D eigenvalue weighted by molar-refractivity contribution is 6.04. The third kappa shape index (κ3) is 2.99. The molecule has 5 rings (SSSR count). The molecule has 0 fully saturated rings. The number of hydrazone groups is 1. The molecule has 0 bridgehead atoms. The molecule has 146 valence electrons. The minimum absolute atomic E-state index is 0.0480. The molecule has 5 heteroatoms. The predicted molar refractivity (Wildman–Crippen MR) is 111 cm³/mol. The SMILES string of the molecule is COc1ccc(O)c(C2=NN3[C@@H](C2)c2ccccc2O[C@H]3c2ccc(C)cc2)c1. The Morgan fingerprint density at radius 1 is 1.07 bits per heavy atom. The van der Waals surface area contributed by atoms with Crippen molar-refractivity contribution in [2.45, 2.75) is 25.6 Å². The van der Waals surface area contributed by atoms with Crippen molar-refractivity contribution < 1.29 is 14.6 Å². The molecule has 1 N–H and O–H groups in total. The van der Waals surface area contributed by atoms with E-state index in [0.29, 0.717) is 17.7 Å². The third-order valence-electron chi connectivity index (χ3n) is 5.58. The molecule has 3 aromatic rings. The number of hydrogen-bond acceptors (Lipinski definition) is 5. The number of rotatable bonds is 3. The Labute approximate surface area is 169 Å². The van der Waals surface area contributed by atoms with Crippen LogP contribution in [0, 0.1) is 6.92 Å². The summed E-state index contributed by atoms with van der Waals surface area (Å²) in [6, 6.07) is 21.7. The molecule has 0 saturated carbocycles. The fourth-order valence-corrected chi connectivity index (χ4v) is 4.02. The van der Waals surface area contributed by atoms with Crippen LogP contribution < -0.4 is 9.47 Å². The van der Waals surface area contributed by atoms with Gasteiger partial charge in [0.05, 0.1) is 18.9 Å². The Morgan fingerprint density at radius 2 is 1.86 bits per heavy atom. The summed E-state index contributed by atoms with van der Waals surface area (Å²) in [7, 11) is 1.62. The summed E-state index contributed by atoms with van der Waals surface area (Å²) >= 11 is 0. The molecule has 2 aliphatic heterocycles. The largest absolute Gasteiger partial charge is 0.507 e. The zero-order chi connectivity index (χ0) is 20.0. The summed E-state index contributed by atoms with van der Waals surface area (Å²) in [4.78, 5) is 0. The minimum Gasteiger partial charge on any atom is -0.507 e. The maximum absolute atomic E-state index is 10.4. The molecule has 0 radical (unpaired) electrons. The lowest BCUT2D eigenvalue weighted by molar-refractivity contribution is -0.0190. The predicted octanol–water partition coefficient (Wildman–Crippen LogP) is 4.95. The summed E-state index contributed by atoms with van der Waals surface area (Å²) in [5, 5.41) is 17.4. The van der Waals surface area contributed by atoms with E-state index in [-0.39, 0.29) is 18.0 Å². The standard InChI is InChI=1S/C24H22N2O3/c1-15-7-9-16(10-8-15)24-26-21(18-5-3-4-6-23(18)29-24)14-20(25-26)19-13-17(28-2)11-12-22(19)27/h3-13,21,24,27H,14H2,1-2H3/t21-,24-/m0/s1. The van der Waals surface area contributed by atoms with E-state index < -0.39 is 0 Å². The van der Waals surface area contributed by atoms with Crippen molar-refractivity contribution in [3.63, 3.8) is 0 Å². The summed E-state index contributed by atoms with van der Waals surface area (Å²) in [6.45, 7) is 2.07. The van der Waals surface area contributed by atoms with Crippen LogP contribution in [0.15, 0.2) is 71.8 Å². The normalized spacial score (nSPS) is 19.8. The number of methoxy groups -OCH3 is 1. The number of aryl methyl sites for hydroxylation is 1. The summed E-state index contributed by atoms with van der Waals surface area (Å²) in [5.74, 6) is 1.77. The van der Waals surface area contributed by atoms with Gasteiger partial charge >= 0.3 is 0 Å². The highest BCUT2D eigenvalue weighted by atomic mass is 16.5. The van der Waals surface area contributed by atoms with E-state index in [0.717, 1.165) is 22.6 Å². The van der Waals surface area contributed by atoms with Gasteiger partial charge in [0.1, 0.15) is 17.2 Å². The molecule has 29 heavy (non-hydrogen) atoms.